The van der Waals surface area contributed by atoms with E-state index in [2.05, 4.69) is 9.97 Å². The highest BCUT2D eigenvalue weighted by Gasteiger charge is 2.05. The molecule has 0 saturated carbocycles. The molecule has 1 heterocycles. The van der Waals surface area contributed by atoms with E-state index < -0.39 is 6.61 Å². The van der Waals surface area contributed by atoms with Crippen molar-refractivity contribution in [2.75, 3.05) is 13.2 Å². The maximum Gasteiger partial charge on any atom is 0.238 e. The summed E-state index contributed by atoms with van der Waals surface area (Å²) < 4.78 is 10.9. The summed E-state index contributed by atoms with van der Waals surface area (Å²) in [6, 6.07) is 11.9. The van der Waals surface area contributed by atoms with Crippen LogP contribution in [0.5, 0.6) is 17.4 Å². The molecule has 0 radical (unpaired) electrons. The number of ketones is 1. The van der Waals surface area contributed by atoms with Crippen molar-refractivity contribution in [3.8, 4) is 17.4 Å². The molecule has 0 bridgehead atoms. The molecular formula is C17H13ClN2O4. The minimum atomic E-state index is -0.535. The molecule has 0 fully saturated rings. The lowest BCUT2D eigenvalue weighted by Crippen LogP contribution is -2.14. The van der Waals surface area contributed by atoms with Gasteiger partial charge in [-0.05, 0) is 42.5 Å². The number of Topliss-reactive ketones (excluding diaryl/α,β-unsaturated/α-hetero) is 1. The molecule has 0 amide bonds. The van der Waals surface area contributed by atoms with Crippen LogP contribution in [0.3, 0.4) is 0 Å². The van der Waals surface area contributed by atoms with Gasteiger partial charge in [0.2, 0.25) is 5.88 Å². The van der Waals surface area contributed by atoms with Gasteiger partial charge >= 0.3 is 0 Å². The van der Waals surface area contributed by atoms with Crippen molar-refractivity contribution in [3.05, 3.63) is 53.7 Å². The third-order valence-corrected chi connectivity index (χ3v) is 3.34. The fraction of sp³-hybridized carbons (Fsp3) is 0.118. The summed E-state index contributed by atoms with van der Waals surface area (Å²) in [6.07, 6.45) is 1.52. The van der Waals surface area contributed by atoms with E-state index in [1.165, 1.54) is 6.20 Å². The number of aliphatic hydroxyl groups is 1. The molecular weight excluding hydrogens is 332 g/mol. The molecule has 3 aromatic rings. The lowest BCUT2D eigenvalue weighted by Gasteiger charge is -2.07. The van der Waals surface area contributed by atoms with Crippen molar-refractivity contribution in [3.63, 3.8) is 0 Å². The number of ether oxygens (including phenoxy) is 2. The molecule has 0 spiro atoms. The zero-order valence-electron chi connectivity index (χ0n) is 12.5. The van der Waals surface area contributed by atoms with E-state index in [4.69, 9.17) is 26.2 Å². The largest absolute Gasteiger partial charge is 0.486 e. The van der Waals surface area contributed by atoms with Crippen molar-refractivity contribution in [2.45, 2.75) is 0 Å². The Hall–Kier alpha value is -2.70. The van der Waals surface area contributed by atoms with Crippen LogP contribution in [0.2, 0.25) is 5.02 Å². The van der Waals surface area contributed by atoms with Gasteiger partial charge in [0.25, 0.3) is 0 Å². The average Bonchev–Trinajstić information content (AvgIpc) is 2.61. The second-order valence-electron chi connectivity index (χ2n) is 4.90. The molecule has 6 nitrogen and oxygen atoms in total. The lowest BCUT2D eigenvalue weighted by atomic mass is 10.3. The first-order valence-electron chi connectivity index (χ1n) is 7.09. The second kappa shape index (κ2) is 7.25. The predicted molar refractivity (Wildman–Crippen MR) is 88.7 cm³/mol. The minimum Gasteiger partial charge on any atom is -0.486 e. The normalized spacial score (nSPS) is 10.6. The molecule has 0 unspecified atom stereocenters. The van der Waals surface area contributed by atoms with Gasteiger partial charge in [0, 0.05) is 5.02 Å². The number of carbonyl (C=O) groups is 1. The fourth-order valence-corrected chi connectivity index (χ4v) is 2.12. The van der Waals surface area contributed by atoms with E-state index in [0.29, 0.717) is 33.4 Å². The molecule has 0 saturated heterocycles. The number of hydrogen-bond donors (Lipinski definition) is 1. The topological polar surface area (TPSA) is 81.5 Å². The summed E-state index contributed by atoms with van der Waals surface area (Å²) in [5.74, 6) is 1.03. The number of nitrogens with zero attached hydrogens (tertiary/aromatic N) is 2. The molecule has 24 heavy (non-hydrogen) atoms. The van der Waals surface area contributed by atoms with Crippen LogP contribution in [-0.4, -0.2) is 34.1 Å². The Bertz CT molecular complexity index is 868. The molecule has 1 aromatic heterocycles. The van der Waals surface area contributed by atoms with Gasteiger partial charge in [-0.25, -0.2) is 9.97 Å². The van der Waals surface area contributed by atoms with Gasteiger partial charge in [-0.2, -0.15) is 0 Å². The number of aromatic nitrogens is 2. The van der Waals surface area contributed by atoms with Gasteiger partial charge in [-0.3, -0.25) is 4.79 Å². The third-order valence-electron chi connectivity index (χ3n) is 3.10. The number of halogens is 1. The lowest BCUT2D eigenvalue weighted by molar-refractivity contribution is -0.123. The number of fused-ring (bicyclic) bond motifs is 1. The first kappa shape index (κ1) is 16.2. The van der Waals surface area contributed by atoms with Crippen molar-refractivity contribution >= 4 is 28.4 Å². The summed E-state index contributed by atoms with van der Waals surface area (Å²) in [5.41, 5.74) is 1.37. The number of aliphatic hydroxyl groups excluding tert-OH is 1. The quantitative estimate of drug-likeness (QED) is 0.740. The molecule has 122 valence electrons. The molecule has 3 rings (SSSR count). The van der Waals surface area contributed by atoms with Crippen LogP contribution in [0.25, 0.3) is 11.0 Å². The zero-order chi connectivity index (χ0) is 16.9. The number of hydrogen-bond acceptors (Lipinski definition) is 6. The van der Waals surface area contributed by atoms with Gasteiger partial charge in [-0.15, -0.1) is 0 Å². The first-order valence-corrected chi connectivity index (χ1v) is 7.47. The summed E-state index contributed by atoms with van der Waals surface area (Å²) >= 11 is 5.91. The fourth-order valence-electron chi connectivity index (χ4n) is 1.95. The average molecular weight is 345 g/mol. The van der Waals surface area contributed by atoms with E-state index in [-0.39, 0.29) is 12.4 Å². The Morgan fingerprint density at radius 3 is 2.58 bits per heavy atom. The van der Waals surface area contributed by atoms with Gasteiger partial charge in [0.1, 0.15) is 24.7 Å². The van der Waals surface area contributed by atoms with E-state index in [1.807, 2.05) is 0 Å². The van der Waals surface area contributed by atoms with Gasteiger partial charge in [-0.1, -0.05) is 11.6 Å². The Morgan fingerprint density at radius 2 is 1.83 bits per heavy atom. The van der Waals surface area contributed by atoms with Crippen molar-refractivity contribution in [2.24, 2.45) is 0 Å². The highest BCUT2D eigenvalue weighted by molar-refractivity contribution is 6.31. The summed E-state index contributed by atoms with van der Waals surface area (Å²) in [6.45, 7) is -0.706. The second-order valence-corrected chi connectivity index (χ2v) is 5.34. The Kier molecular flexibility index (Phi) is 4.88. The highest BCUT2D eigenvalue weighted by atomic mass is 35.5. The SMILES string of the molecule is O=C(CO)COc1ccc(Oc2cnc3cc(Cl)ccc3n2)cc1. The van der Waals surface area contributed by atoms with Crippen LogP contribution < -0.4 is 9.47 Å². The van der Waals surface area contributed by atoms with Gasteiger partial charge in [0.05, 0.1) is 17.2 Å². The zero-order valence-corrected chi connectivity index (χ0v) is 13.2. The van der Waals surface area contributed by atoms with Crippen LogP contribution in [0.15, 0.2) is 48.7 Å². The summed E-state index contributed by atoms with van der Waals surface area (Å²) in [5, 5.41) is 9.24. The van der Waals surface area contributed by atoms with Gasteiger partial charge in [0.15, 0.2) is 5.78 Å². The molecule has 0 aliphatic rings. The molecule has 7 heteroatoms. The molecule has 2 aromatic carbocycles. The Labute approximate surface area is 142 Å². The Morgan fingerprint density at radius 1 is 1.08 bits per heavy atom. The summed E-state index contributed by atoms with van der Waals surface area (Å²) in [7, 11) is 0. The molecule has 0 aliphatic heterocycles. The van der Waals surface area contributed by atoms with Crippen LogP contribution >= 0.6 is 11.6 Å². The molecule has 1 N–H and O–H groups in total. The van der Waals surface area contributed by atoms with E-state index in [0.717, 1.165) is 0 Å². The maximum atomic E-state index is 11.0. The standard InChI is InChI=1S/C17H13ClN2O4/c18-11-1-6-15-16(7-11)19-8-17(20-15)24-14-4-2-13(3-5-14)23-10-12(22)9-21/h1-8,21H,9-10H2. The van der Waals surface area contributed by atoms with Crippen LogP contribution in [0.1, 0.15) is 0 Å². The van der Waals surface area contributed by atoms with Gasteiger partial charge < -0.3 is 14.6 Å². The van der Waals surface area contributed by atoms with Crippen molar-refractivity contribution in [1.82, 2.24) is 9.97 Å². The van der Waals surface area contributed by atoms with Crippen molar-refractivity contribution < 1.29 is 19.4 Å². The molecule has 0 aliphatic carbocycles. The van der Waals surface area contributed by atoms with Crippen molar-refractivity contribution in [1.29, 1.82) is 0 Å². The number of rotatable bonds is 6. The predicted octanol–water partition coefficient (Wildman–Crippen LogP) is 3.02. The summed E-state index contributed by atoms with van der Waals surface area (Å²) in [4.78, 5) is 19.6. The Balaban J connectivity index is 1.69. The van der Waals surface area contributed by atoms with E-state index >= 15 is 0 Å². The van der Waals surface area contributed by atoms with Crippen LogP contribution in [0, 0.1) is 0 Å². The van der Waals surface area contributed by atoms with Crippen LogP contribution in [0.4, 0.5) is 0 Å². The first-order chi connectivity index (χ1) is 11.6. The van der Waals surface area contributed by atoms with Crippen LogP contribution in [-0.2, 0) is 4.79 Å². The van der Waals surface area contributed by atoms with E-state index in [1.54, 1.807) is 42.5 Å². The molecule has 0 atom stereocenters. The smallest absolute Gasteiger partial charge is 0.238 e. The highest BCUT2D eigenvalue weighted by Crippen LogP contribution is 2.24. The monoisotopic (exact) mass is 344 g/mol. The number of carbonyl (C=O) groups excluding carboxylic acids is 1. The number of benzene rings is 2. The minimum absolute atomic E-state index is 0.171. The third kappa shape index (κ3) is 3.98. The van der Waals surface area contributed by atoms with E-state index in [9.17, 15) is 4.79 Å². The maximum absolute atomic E-state index is 11.0.